The number of hydrogen-bond donors (Lipinski definition) is 1. The Hall–Kier alpha value is 0.960. The van der Waals surface area contributed by atoms with E-state index in [0.29, 0.717) is 6.61 Å². The largest absolute Gasteiger partial charge is 0.396 e. The number of unbranched alkanes of at least 4 members (excludes halogenated alkanes) is 15. The fourth-order valence-electron chi connectivity index (χ4n) is 2.66. The summed E-state index contributed by atoms with van der Waals surface area (Å²) in [4.78, 5) is 0. The molecule has 0 aliphatic rings. The van der Waals surface area contributed by atoms with Crippen molar-refractivity contribution >= 4 is 29.6 Å². The Morgan fingerprint density at radius 1 is 0.450 bits per heavy atom. The summed E-state index contributed by atoms with van der Waals surface area (Å²) < 4.78 is 0. The van der Waals surface area contributed by atoms with E-state index in [2.05, 4.69) is 6.92 Å². The van der Waals surface area contributed by atoms with Crippen molar-refractivity contribution in [3.63, 3.8) is 0 Å². The average molecular weight is 293 g/mol. The van der Waals surface area contributed by atoms with Crippen LogP contribution in [-0.2, 0) is 0 Å². The summed E-state index contributed by atoms with van der Waals surface area (Å²) in [6.45, 7) is 2.66. The molecular formula is C18H38NaO. The molecule has 0 aromatic heterocycles. The number of hydrogen-bond acceptors (Lipinski definition) is 1. The average Bonchev–Trinajstić information content (AvgIpc) is 2.43. The summed E-state index contributed by atoms with van der Waals surface area (Å²) in [5.41, 5.74) is 0. The van der Waals surface area contributed by atoms with Gasteiger partial charge in [0.05, 0.1) is 0 Å². The molecule has 20 heavy (non-hydrogen) atoms. The van der Waals surface area contributed by atoms with E-state index in [1.54, 1.807) is 0 Å². The molecule has 0 bridgehead atoms. The SMILES string of the molecule is CCCCCCCCCCCCCCCCCCO.[Na]. The van der Waals surface area contributed by atoms with Gasteiger partial charge in [-0.25, -0.2) is 0 Å². The van der Waals surface area contributed by atoms with Gasteiger partial charge >= 0.3 is 0 Å². The molecule has 0 saturated heterocycles. The second-order valence-electron chi connectivity index (χ2n) is 6.03. The van der Waals surface area contributed by atoms with Crippen molar-refractivity contribution < 1.29 is 5.11 Å². The zero-order valence-electron chi connectivity index (χ0n) is 14.5. The number of aliphatic hydroxyl groups excluding tert-OH is 1. The van der Waals surface area contributed by atoms with Gasteiger partial charge in [0.15, 0.2) is 0 Å². The van der Waals surface area contributed by atoms with Crippen molar-refractivity contribution in [1.82, 2.24) is 0 Å². The third kappa shape index (κ3) is 21.3. The number of rotatable bonds is 16. The van der Waals surface area contributed by atoms with Crippen LogP contribution in [0.15, 0.2) is 0 Å². The van der Waals surface area contributed by atoms with Crippen LogP contribution in [0.25, 0.3) is 0 Å². The molecule has 0 aliphatic carbocycles. The van der Waals surface area contributed by atoms with E-state index in [9.17, 15) is 0 Å². The van der Waals surface area contributed by atoms with Gasteiger partial charge in [-0.15, -0.1) is 0 Å². The second kappa shape index (κ2) is 22.2. The smallest absolute Gasteiger partial charge is 0.0431 e. The monoisotopic (exact) mass is 293 g/mol. The first-order valence-corrected chi connectivity index (χ1v) is 9.02. The molecule has 0 saturated carbocycles. The maximum absolute atomic E-state index is 8.67. The Bertz CT molecular complexity index is 134. The van der Waals surface area contributed by atoms with E-state index < -0.39 is 0 Å². The molecule has 0 unspecified atom stereocenters. The minimum absolute atomic E-state index is 0. The van der Waals surface area contributed by atoms with E-state index >= 15 is 0 Å². The van der Waals surface area contributed by atoms with E-state index in [0.717, 1.165) is 6.42 Å². The summed E-state index contributed by atoms with van der Waals surface area (Å²) in [5.74, 6) is 0. The fourth-order valence-corrected chi connectivity index (χ4v) is 2.66. The Balaban J connectivity index is 0. The van der Waals surface area contributed by atoms with Gasteiger partial charge in [0.2, 0.25) is 0 Å². The molecule has 0 atom stereocenters. The molecule has 0 heterocycles. The second-order valence-corrected chi connectivity index (χ2v) is 6.03. The zero-order valence-corrected chi connectivity index (χ0v) is 16.5. The maximum atomic E-state index is 8.67. The summed E-state index contributed by atoms with van der Waals surface area (Å²) >= 11 is 0. The van der Waals surface area contributed by atoms with Crippen molar-refractivity contribution in [2.75, 3.05) is 6.61 Å². The van der Waals surface area contributed by atoms with E-state index in [-0.39, 0.29) is 29.6 Å². The molecule has 0 aromatic rings. The van der Waals surface area contributed by atoms with Crippen LogP contribution < -0.4 is 0 Å². The molecule has 1 nitrogen and oxygen atoms in total. The van der Waals surface area contributed by atoms with Crippen LogP contribution in [-0.4, -0.2) is 41.3 Å². The van der Waals surface area contributed by atoms with Crippen LogP contribution in [0.4, 0.5) is 0 Å². The first-order chi connectivity index (χ1) is 9.41. The van der Waals surface area contributed by atoms with Crippen molar-refractivity contribution in [3.8, 4) is 0 Å². The summed E-state index contributed by atoms with van der Waals surface area (Å²) in [7, 11) is 0. The van der Waals surface area contributed by atoms with Crippen LogP contribution >= 0.6 is 0 Å². The predicted octanol–water partition coefficient (Wildman–Crippen LogP) is 5.86. The molecule has 117 valence electrons. The van der Waals surface area contributed by atoms with Gasteiger partial charge in [0.1, 0.15) is 0 Å². The van der Waals surface area contributed by atoms with Gasteiger partial charge in [0.25, 0.3) is 0 Å². The van der Waals surface area contributed by atoms with Gasteiger partial charge in [-0.3, -0.25) is 0 Å². The summed E-state index contributed by atoms with van der Waals surface area (Å²) in [5, 5.41) is 8.67. The van der Waals surface area contributed by atoms with Gasteiger partial charge in [0, 0.05) is 36.2 Å². The fraction of sp³-hybridized carbons (Fsp3) is 1.00. The quantitative estimate of drug-likeness (QED) is 0.279. The third-order valence-corrected chi connectivity index (χ3v) is 4.01. The Morgan fingerprint density at radius 2 is 0.700 bits per heavy atom. The molecule has 1 N–H and O–H groups in total. The van der Waals surface area contributed by atoms with Gasteiger partial charge in [-0.2, -0.15) is 0 Å². The minimum atomic E-state index is 0. The minimum Gasteiger partial charge on any atom is -0.396 e. The molecule has 0 fully saturated rings. The van der Waals surface area contributed by atoms with Crippen LogP contribution in [0.2, 0.25) is 0 Å². The van der Waals surface area contributed by atoms with Crippen molar-refractivity contribution in [2.24, 2.45) is 0 Å². The van der Waals surface area contributed by atoms with Gasteiger partial charge in [-0.05, 0) is 6.42 Å². The molecule has 1 radical (unpaired) electrons. The van der Waals surface area contributed by atoms with Crippen LogP contribution in [0.5, 0.6) is 0 Å². The molecule has 0 spiro atoms. The maximum Gasteiger partial charge on any atom is 0.0431 e. The topological polar surface area (TPSA) is 20.2 Å². The predicted molar refractivity (Wildman–Crippen MR) is 92.4 cm³/mol. The molecular weight excluding hydrogens is 255 g/mol. The van der Waals surface area contributed by atoms with Gasteiger partial charge in [-0.1, -0.05) is 103 Å². The van der Waals surface area contributed by atoms with Crippen molar-refractivity contribution in [2.45, 2.75) is 110 Å². The number of aliphatic hydroxyl groups is 1. The van der Waals surface area contributed by atoms with Crippen LogP contribution in [0.3, 0.4) is 0 Å². The van der Waals surface area contributed by atoms with E-state index in [1.807, 2.05) is 0 Å². The molecule has 0 rings (SSSR count). The Kier molecular flexibility index (Phi) is 25.8. The summed E-state index contributed by atoms with van der Waals surface area (Å²) in [6.07, 6.45) is 22.2. The first kappa shape index (κ1) is 23.2. The standard InChI is InChI=1S/C18H38O.Na/c1-2-3-4-5-6-7-8-9-10-11-12-13-14-15-16-17-18-19;/h19H,2-18H2,1H3;. The third-order valence-electron chi connectivity index (χ3n) is 4.01. The van der Waals surface area contributed by atoms with E-state index in [1.165, 1.54) is 96.3 Å². The molecule has 0 aromatic carbocycles. The van der Waals surface area contributed by atoms with E-state index in [4.69, 9.17) is 5.11 Å². The normalized spacial score (nSPS) is 10.5. The summed E-state index contributed by atoms with van der Waals surface area (Å²) in [6, 6.07) is 0. The Morgan fingerprint density at radius 3 is 0.950 bits per heavy atom. The molecule has 0 amide bonds. The van der Waals surface area contributed by atoms with Crippen LogP contribution in [0.1, 0.15) is 110 Å². The van der Waals surface area contributed by atoms with Crippen molar-refractivity contribution in [1.29, 1.82) is 0 Å². The Labute approximate surface area is 150 Å². The molecule has 0 aliphatic heterocycles. The van der Waals surface area contributed by atoms with Crippen LogP contribution in [0, 0.1) is 0 Å². The molecule has 2 heteroatoms. The van der Waals surface area contributed by atoms with Crippen molar-refractivity contribution in [3.05, 3.63) is 0 Å². The first-order valence-electron chi connectivity index (χ1n) is 9.02. The van der Waals surface area contributed by atoms with Gasteiger partial charge < -0.3 is 5.11 Å². The zero-order chi connectivity index (χ0) is 14.0.